The third kappa shape index (κ3) is 5.41. The van der Waals surface area contributed by atoms with Crippen molar-refractivity contribution in [3.8, 4) is 5.75 Å². The van der Waals surface area contributed by atoms with Crippen LogP contribution in [0, 0.1) is 0 Å². The molecule has 0 bridgehead atoms. The summed E-state index contributed by atoms with van der Waals surface area (Å²) < 4.78 is 23.9. The van der Waals surface area contributed by atoms with Gasteiger partial charge in [-0.15, -0.1) is 0 Å². The van der Waals surface area contributed by atoms with Crippen LogP contribution in [0.5, 0.6) is 5.75 Å². The average molecular weight is 313 g/mol. The number of phenolic OH excluding ortho intramolecular Hbond substituents is 1. The predicted molar refractivity (Wildman–Crippen MR) is 72.7 cm³/mol. The Morgan fingerprint density at radius 3 is 2.56 bits per heavy atom. The van der Waals surface area contributed by atoms with Gasteiger partial charge >= 0.3 is 0 Å². The lowest BCUT2D eigenvalue weighted by atomic mass is 10.2. The van der Waals surface area contributed by atoms with Crippen LogP contribution in [0.2, 0.25) is 10.0 Å². The third-order valence-corrected chi connectivity index (χ3v) is 3.32. The van der Waals surface area contributed by atoms with Crippen LogP contribution in [0.15, 0.2) is 12.1 Å². The van der Waals surface area contributed by atoms with Crippen LogP contribution in [-0.2, 0) is 16.6 Å². The third-order valence-electron chi connectivity index (χ3n) is 2.09. The molecule has 0 aliphatic heterocycles. The van der Waals surface area contributed by atoms with Crippen molar-refractivity contribution in [2.45, 2.75) is 6.54 Å². The van der Waals surface area contributed by atoms with Crippen molar-refractivity contribution in [1.82, 2.24) is 10.0 Å². The minimum Gasteiger partial charge on any atom is -0.506 e. The summed E-state index contributed by atoms with van der Waals surface area (Å²) in [4.78, 5) is 0. The Morgan fingerprint density at radius 1 is 1.28 bits per heavy atom. The molecule has 5 nitrogen and oxygen atoms in total. The van der Waals surface area contributed by atoms with Crippen molar-refractivity contribution < 1.29 is 13.5 Å². The van der Waals surface area contributed by atoms with E-state index in [1.54, 1.807) is 6.07 Å². The molecule has 0 atom stereocenters. The molecule has 8 heteroatoms. The van der Waals surface area contributed by atoms with Gasteiger partial charge in [-0.1, -0.05) is 23.2 Å². The van der Waals surface area contributed by atoms with Crippen molar-refractivity contribution in [3.05, 3.63) is 27.7 Å². The highest BCUT2D eigenvalue weighted by atomic mass is 35.5. The van der Waals surface area contributed by atoms with Gasteiger partial charge in [-0.3, -0.25) is 0 Å². The van der Waals surface area contributed by atoms with Crippen molar-refractivity contribution in [2.24, 2.45) is 0 Å². The first-order valence-electron chi connectivity index (χ1n) is 5.12. The van der Waals surface area contributed by atoms with Gasteiger partial charge in [0, 0.05) is 30.2 Å². The van der Waals surface area contributed by atoms with Crippen molar-refractivity contribution >= 4 is 33.2 Å². The van der Waals surface area contributed by atoms with E-state index >= 15 is 0 Å². The van der Waals surface area contributed by atoms with E-state index in [9.17, 15) is 13.5 Å². The molecule has 0 amide bonds. The topological polar surface area (TPSA) is 78.4 Å². The Bertz CT molecular complexity index is 520. The van der Waals surface area contributed by atoms with E-state index in [1.807, 2.05) is 0 Å². The van der Waals surface area contributed by atoms with Gasteiger partial charge in [0.05, 0.1) is 11.3 Å². The molecule has 0 aliphatic rings. The van der Waals surface area contributed by atoms with Crippen molar-refractivity contribution in [1.29, 1.82) is 0 Å². The summed E-state index contributed by atoms with van der Waals surface area (Å²) in [6, 6.07) is 3.05. The van der Waals surface area contributed by atoms with E-state index < -0.39 is 10.0 Å². The maximum absolute atomic E-state index is 10.8. The second-order valence-corrected chi connectivity index (χ2v) is 6.42. The molecule has 0 saturated heterocycles. The van der Waals surface area contributed by atoms with E-state index in [0.717, 1.165) is 6.26 Å². The number of benzene rings is 1. The number of aromatic hydroxyl groups is 1. The standard InChI is InChI=1S/C10H14Cl2N2O3S/c1-18(16,17)14-3-2-13-6-7-4-8(11)5-9(12)10(7)15/h4-5,13-15H,2-3,6H2,1H3. The lowest BCUT2D eigenvalue weighted by molar-refractivity contribution is 0.465. The first kappa shape index (κ1) is 15.5. The lowest BCUT2D eigenvalue weighted by Crippen LogP contribution is -2.30. The zero-order valence-electron chi connectivity index (χ0n) is 9.70. The summed E-state index contributed by atoms with van der Waals surface area (Å²) in [5.41, 5.74) is 0.562. The highest BCUT2D eigenvalue weighted by molar-refractivity contribution is 7.88. The molecule has 0 heterocycles. The molecule has 0 aromatic heterocycles. The fourth-order valence-corrected chi connectivity index (χ4v) is 2.31. The van der Waals surface area contributed by atoms with Crippen LogP contribution in [0.4, 0.5) is 0 Å². The molecule has 3 N–H and O–H groups in total. The second kappa shape index (κ2) is 6.58. The summed E-state index contributed by atoms with van der Waals surface area (Å²) in [5.74, 6) is -0.0235. The predicted octanol–water partition coefficient (Wildman–Crippen LogP) is 1.34. The van der Waals surface area contributed by atoms with E-state index in [-0.39, 0.29) is 17.3 Å². The monoisotopic (exact) mass is 312 g/mol. The van der Waals surface area contributed by atoms with Gasteiger partial charge in [-0.05, 0) is 12.1 Å². The molecule has 0 fully saturated rings. The molecule has 18 heavy (non-hydrogen) atoms. The molecule has 102 valence electrons. The van der Waals surface area contributed by atoms with Gasteiger partial charge in [0.1, 0.15) is 5.75 Å². The molecule has 0 unspecified atom stereocenters. The summed E-state index contributed by atoms with van der Waals surface area (Å²) in [6.45, 7) is 1.04. The van der Waals surface area contributed by atoms with Crippen LogP contribution in [0.3, 0.4) is 0 Å². The largest absolute Gasteiger partial charge is 0.506 e. The fraction of sp³-hybridized carbons (Fsp3) is 0.400. The normalized spacial score (nSPS) is 11.7. The van der Waals surface area contributed by atoms with E-state index in [1.165, 1.54) is 6.07 Å². The Hall–Kier alpha value is -0.530. The number of hydrogen-bond donors (Lipinski definition) is 3. The maximum atomic E-state index is 10.8. The van der Waals surface area contributed by atoms with Crippen LogP contribution in [0.1, 0.15) is 5.56 Å². The smallest absolute Gasteiger partial charge is 0.208 e. The molecular weight excluding hydrogens is 299 g/mol. The number of rotatable bonds is 6. The zero-order valence-corrected chi connectivity index (χ0v) is 12.0. The minimum atomic E-state index is -3.17. The van der Waals surface area contributed by atoms with E-state index in [2.05, 4.69) is 10.0 Å². The number of hydrogen-bond acceptors (Lipinski definition) is 4. The first-order chi connectivity index (χ1) is 8.29. The highest BCUT2D eigenvalue weighted by Gasteiger charge is 2.07. The Morgan fingerprint density at radius 2 is 1.94 bits per heavy atom. The highest BCUT2D eigenvalue weighted by Crippen LogP contribution is 2.30. The molecule has 0 saturated carbocycles. The van der Waals surface area contributed by atoms with Crippen LogP contribution < -0.4 is 10.0 Å². The van der Waals surface area contributed by atoms with Gasteiger partial charge in [0.2, 0.25) is 10.0 Å². The zero-order chi connectivity index (χ0) is 13.8. The summed E-state index contributed by atoms with van der Waals surface area (Å²) in [7, 11) is -3.17. The molecule has 1 aromatic carbocycles. The van der Waals surface area contributed by atoms with Crippen molar-refractivity contribution in [3.63, 3.8) is 0 Å². The molecule has 1 aromatic rings. The summed E-state index contributed by atoms with van der Waals surface area (Å²) in [6.07, 6.45) is 1.09. The van der Waals surface area contributed by atoms with Crippen LogP contribution in [0.25, 0.3) is 0 Å². The van der Waals surface area contributed by atoms with Gasteiger partial charge in [-0.25, -0.2) is 13.1 Å². The van der Waals surface area contributed by atoms with Crippen molar-refractivity contribution in [2.75, 3.05) is 19.3 Å². The quantitative estimate of drug-likeness (QED) is 0.693. The first-order valence-corrected chi connectivity index (χ1v) is 7.76. The Balaban J connectivity index is 2.45. The summed E-state index contributed by atoms with van der Waals surface area (Å²) >= 11 is 11.6. The summed E-state index contributed by atoms with van der Waals surface area (Å²) in [5, 5.41) is 13.3. The fourth-order valence-electron chi connectivity index (χ4n) is 1.30. The van der Waals surface area contributed by atoms with Gasteiger partial charge < -0.3 is 10.4 Å². The van der Waals surface area contributed by atoms with Crippen LogP contribution in [-0.4, -0.2) is 32.9 Å². The van der Waals surface area contributed by atoms with Crippen LogP contribution >= 0.6 is 23.2 Å². The number of halogens is 2. The maximum Gasteiger partial charge on any atom is 0.208 e. The molecule has 0 aliphatic carbocycles. The van der Waals surface area contributed by atoms with Gasteiger partial charge in [-0.2, -0.15) is 0 Å². The van der Waals surface area contributed by atoms with Gasteiger partial charge in [0.15, 0.2) is 0 Å². The van der Waals surface area contributed by atoms with E-state index in [0.29, 0.717) is 23.7 Å². The Kier molecular flexibility index (Phi) is 5.68. The molecular formula is C10H14Cl2N2O3S. The van der Waals surface area contributed by atoms with Gasteiger partial charge in [0.25, 0.3) is 0 Å². The number of nitrogens with one attached hydrogen (secondary N) is 2. The lowest BCUT2D eigenvalue weighted by Gasteiger charge is -2.09. The molecule has 0 spiro atoms. The molecule has 0 radical (unpaired) electrons. The average Bonchev–Trinajstić information content (AvgIpc) is 2.22. The SMILES string of the molecule is CS(=O)(=O)NCCNCc1cc(Cl)cc(Cl)c1O. The second-order valence-electron chi connectivity index (χ2n) is 3.74. The Labute approximate surface area is 116 Å². The molecule has 1 rings (SSSR count). The van der Waals surface area contributed by atoms with E-state index in [4.69, 9.17) is 23.2 Å². The number of sulfonamides is 1. The minimum absolute atomic E-state index is 0.0235. The number of phenols is 1.